The molecule has 6 nitrogen and oxygen atoms in total. The lowest BCUT2D eigenvalue weighted by Crippen LogP contribution is -2.00. The fourth-order valence-corrected chi connectivity index (χ4v) is 2.08. The summed E-state index contributed by atoms with van der Waals surface area (Å²) in [6, 6.07) is 4.72. The van der Waals surface area contributed by atoms with E-state index in [1.165, 1.54) is 6.07 Å². The van der Waals surface area contributed by atoms with E-state index in [0.717, 1.165) is 19.3 Å². The molecule has 0 fully saturated rings. The molecular formula is C14H17NO5. The van der Waals surface area contributed by atoms with Crippen LogP contribution in [0.15, 0.2) is 18.2 Å². The number of carbonyl (C=O) groups is 2. The SMILES string of the molecule is O=Cc1cccc(CCCCCCC(=O)O)c1[N+](=O)[O-]. The van der Waals surface area contributed by atoms with Crippen molar-refractivity contribution in [2.45, 2.75) is 38.5 Å². The van der Waals surface area contributed by atoms with Gasteiger partial charge in [0.25, 0.3) is 5.69 Å². The number of hydrogen-bond donors (Lipinski definition) is 1. The molecule has 0 heterocycles. The molecule has 0 aliphatic rings. The van der Waals surface area contributed by atoms with Crippen molar-refractivity contribution < 1.29 is 19.6 Å². The molecule has 0 atom stereocenters. The van der Waals surface area contributed by atoms with Crippen LogP contribution < -0.4 is 0 Å². The van der Waals surface area contributed by atoms with E-state index in [-0.39, 0.29) is 17.7 Å². The Balaban J connectivity index is 2.53. The quantitative estimate of drug-likeness (QED) is 0.324. The minimum atomic E-state index is -0.806. The van der Waals surface area contributed by atoms with Crippen molar-refractivity contribution >= 4 is 17.9 Å². The maximum Gasteiger partial charge on any atom is 0.303 e. The lowest BCUT2D eigenvalue weighted by molar-refractivity contribution is -0.385. The van der Waals surface area contributed by atoms with E-state index in [0.29, 0.717) is 24.7 Å². The molecule has 1 aromatic carbocycles. The molecule has 108 valence electrons. The summed E-state index contributed by atoms with van der Waals surface area (Å²) in [6.45, 7) is 0. The third kappa shape index (κ3) is 4.79. The number of hydrogen-bond acceptors (Lipinski definition) is 4. The average Bonchev–Trinajstić information content (AvgIpc) is 2.41. The first kappa shape index (κ1) is 15.8. The zero-order valence-electron chi connectivity index (χ0n) is 11.1. The molecule has 0 unspecified atom stereocenters. The lowest BCUT2D eigenvalue weighted by atomic mass is 10.0. The Kier molecular flexibility index (Phi) is 6.36. The minimum Gasteiger partial charge on any atom is -0.481 e. The monoisotopic (exact) mass is 279 g/mol. The molecule has 0 saturated heterocycles. The van der Waals surface area contributed by atoms with Gasteiger partial charge in [-0.3, -0.25) is 19.7 Å². The summed E-state index contributed by atoms with van der Waals surface area (Å²) in [6.07, 6.45) is 4.12. The number of aryl methyl sites for hydroxylation is 1. The fourth-order valence-electron chi connectivity index (χ4n) is 2.08. The number of aldehydes is 1. The number of carbonyl (C=O) groups excluding carboxylic acids is 1. The molecule has 0 amide bonds. The van der Waals surface area contributed by atoms with Crippen molar-refractivity contribution in [3.63, 3.8) is 0 Å². The predicted octanol–water partition coefficient (Wildman–Crippen LogP) is 2.98. The van der Waals surface area contributed by atoms with Crippen molar-refractivity contribution in [2.75, 3.05) is 0 Å². The molecule has 0 aliphatic carbocycles. The fraction of sp³-hybridized carbons (Fsp3) is 0.429. The number of para-hydroxylation sites is 1. The van der Waals surface area contributed by atoms with Crippen molar-refractivity contribution in [1.82, 2.24) is 0 Å². The Bertz CT molecular complexity index is 498. The zero-order chi connectivity index (χ0) is 15.0. The first-order chi connectivity index (χ1) is 9.56. The van der Waals surface area contributed by atoms with Crippen LogP contribution in [0.4, 0.5) is 5.69 Å². The van der Waals surface area contributed by atoms with Crippen LogP contribution in [0.5, 0.6) is 0 Å². The van der Waals surface area contributed by atoms with E-state index in [4.69, 9.17) is 5.11 Å². The van der Waals surface area contributed by atoms with Gasteiger partial charge in [-0.1, -0.05) is 25.0 Å². The predicted molar refractivity (Wildman–Crippen MR) is 72.9 cm³/mol. The lowest BCUT2D eigenvalue weighted by Gasteiger charge is -2.04. The smallest absolute Gasteiger partial charge is 0.303 e. The first-order valence-electron chi connectivity index (χ1n) is 6.49. The summed E-state index contributed by atoms with van der Waals surface area (Å²) >= 11 is 0. The third-order valence-electron chi connectivity index (χ3n) is 3.05. The van der Waals surface area contributed by atoms with E-state index >= 15 is 0 Å². The zero-order valence-corrected chi connectivity index (χ0v) is 11.1. The van der Waals surface area contributed by atoms with Crippen LogP contribution in [0.2, 0.25) is 0 Å². The molecule has 1 N–H and O–H groups in total. The van der Waals surface area contributed by atoms with Crippen molar-refractivity contribution in [3.05, 3.63) is 39.4 Å². The van der Waals surface area contributed by atoms with Gasteiger partial charge in [-0.2, -0.15) is 0 Å². The van der Waals surface area contributed by atoms with Gasteiger partial charge in [0.05, 0.1) is 10.5 Å². The molecule has 0 saturated carbocycles. The van der Waals surface area contributed by atoms with Gasteiger partial charge in [0.15, 0.2) is 6.29 Å². The summed E-state index contributed by atoms with van der Waals surface area (Å²) in [5, 5.41) is 19.5. The van der Waals surface area contributed by atoms with E-state index < -0.39 is 10.9 Å². The normalized spacial score (nSPS) is 10.2. The van der Waals surface area contributed by atoms with Gasteiger partial charge in [0, 0.05) is 12.0 Å². The molecule has 0 spiro atoms. The molecule has 0 bridgehead atoms. The molecule has 6 heteroatoms. The maximum absolute atomic E-state index is 11.0. The number of carboxylic acids is 1. The van der Waals surface area contributed by atoms with Crippen LogP contribution in [0.3, 0.4) is 0 Å². The first-order valence-corrected chi connectivity index (χ1v) is 6.49. The van der Waals surface area contributed by atoms with Crippen molar-refractivity contribution in [1.29, 1.82) is 0 Å². The second-order valence-electron chi connectivity index (χ2n) is 4.54. The topological polar surface area (TPSA) is 97.5 Å². The summed E-state index contributed by atoms with van der Waals surface area (Å²) in [5.74, 6) is -0.806. The van der Waals surface area contributed by atoms with E-state index in [1.54, 1.807) is 12.1 Å². The van der Waals surface area contributed by atoms with Crippen molar-refractivity contribution in [2.24, 2.45) is 0 Å². The standard InChI is InChI=1S/C14H17NO5/c16-10-12-8-5-7-11(14(12)15(19)20)6-3-1-2-4-9-13(17)18/h5,7-8,10H,1-4,6,9H2,(H,17,18). The second kappa shape index (κ2) is 8.04. The Morgan fingerprint density at radius 1 is 1.25 bits per heavy atom. The summed E-state index contributed by atoms with van der Waals surface area (Å²) < 4.78 is 0. The van der Waals surface area contributed by atoms with Gasteiger partial charge in [0.2, 0.25) is 0 Å². The highest BCUT2D eigenvalue weighted by Crippen LogP contribution is 2.24. The van der Waals surface area contributed by atoms with Gasteiger partial charge in [0.1, 0.15) is 0 Å². The highest BCUT2D eigenvalue weighted by Gasteiger charge is 2.18. The van der Waals surface area contributed by atoms with E-state index in [2.05, 4.69) is 0 Å². The molecule has 0 radical (unpaired) electrons. The number of aliphatic carboxylic acids is 1. The number of rotatable bonds is 9. The largest absolute Gasteiger partial charge is 0.481 e. The van der Waals surface area contributed by atoms with E-state index in [9.17, 15) is 19.7 Å². The third-order valence-corrected chi connectivity index (χ3v) is 3.05. The molecule has 20 heavy (non-hydrogen) atoms. The Hall–Kier alpha value is -2.24. The molecular weight excluding hydrogens is 262 g/mol. The number of nitro groups is 1. The molecule has 1 rings (SSSR count). The van der Waals surface area contributed by atoms with Crippen LogP contribution in [0, 0.1) is 10.1 Å². The Labute approximate surface area is 116 Å². The average molecular weight is 279 g/mol. The van der Waals surface area contributed by atoms with Gasteiger partial charge in [-0.15, -0.1) is 0 Å². The maximum atomic E-state index is 11.0. The molecule has 0 aromatic heterocycles. The number of benzene rings is 1. The van der Waals surface area contributed by atoms with Gasteiger partial charge in [-0.05, 0) is 25.3 Å². The van der Waals surface area contributed by atoms with E-state index in [1.807, 2.05) is 0 Å². The number of unbranched alkanes of at least 4 members (excludes halogenated alkanes) is 3. The summed E-state index contributed by atoms with van der Waals surface area (Å²) in [4.78, 5) is 31.6. The summed E-state index contributed by atoms with van der Waals surface area (Å²) in [5.41, 5.74) is 0.532. The van der Waals surface area contributed by atoms with Crippen LogP contribution in [-0.4, -0.2) is 22.3 Å². The molecule has 1 aromatic rings. The van der Waals surface area contributed by atoms with Crippen LogP contribution in [-0.2, 0) is 11.2 Å². The summed E-state index contributed by atoms with van der Waals surface area (Å²) in [7, 11) is 0. The van der Waals surface area contributed by atoms with Crippen LogP contribution in [0.1, 0.15) is 48.0 Å². The number of carboxylic acid groups (broad SMARTS) is 1. The Morgan fingerprint density at radius 2 is 1.95 bits per heavy atom. The number of nitro benzene ring substituents is 1. The van der Waals surface area contributed by atoms with Crippen molar-refractivity contribution in [3.8, 4) is 0 Å². The van der Waals surface area contributed by atoms with Crippen LogP contribution in [0.25, 0.3) is 0 Å². The molecule has 0 aliphatic heterocycles. The van der Waals surface area contributed by atoms with Gasteiger partial charge >= 0.3 is 5.97 Å². The Morgan fingerprint density at radius 3 is 2.55 bits per heavy atom. The second-order valence-corrected chi connectivity index (χ2v) is 4.54. The minimum absolute atomic E-state index is 0.0957. The van der Waals surface area contributed by atoms with Gasteiger partial charge < -0.3 is 5.11 Å². The number of nitrogens with zero attached hydrogens (tertiary/aromatic N) is 1. The van der Waals surface area contributed by atoms with Gasteiger partial charge in [-0.25, -0.2) is 0 Å². The highest BCUT2D eigenvalue weighted by atomic mass is 16.6. The van der Waals surface area contributed by atoms with Crippen LogP contribution >= 0.6 is 0 Å². The highest BCUT2D eigenvalue weighted by molar-refractivity contribution is 5.82.